The summed E-state index contributed by atoms with van der Waals surface area (Å²) in [5, 5.41) is 9.58. The number of fused-ring (bicyclic) bond motifs is 1. The Bertz CT molecular complexity index is 1040. The van der Waals surface area contributed by atoms with Crippen molar-refractivity contribution in [2.75, 3.05) is 5.32 Å². The number of anilines is 1. The molecule has 0 atom stereocenters. The van der Waals surface area contributed by atoms with Gasteiger partial charge in [-0.25, -0.2) is 4.98 Å². The van der Waals surface area contributed by atoms with Crippen molar-refractivity contribution in [3.8, 4) is 10.4 Å². The average molecular weight is 335 g/mol. The zero-order valence-corrected chi connectivity index (χ0v) is 13.6. The predicted octanol–water partition coefficient (Wildman–Crippen LogP) is 3.34. The molecular formula is C17H13N5OS. The molecule has 1 aromatic carbocycles. The molecule has 6 nitrogen and oxygen atoms in total. The minimum absolute atomic E-state index is 0.214. The molecule has 0 aliphatic carbocycles. The lowest BCUT2D eigenvalue weighted by atomic mass is 10.1. The Morgan fingerprint density at radius 2 is 2.08 bits per heavy atom. The lowest BCUT2D eigenvalue weighted by Gasteiger charge is -2.00. The summed E-state index contributed by atoms with van der Waals surface area (Å²) in [4.78, 5) is 21.5. The van der Waals surface area contributed by atoms with E-state index in [4.69, 9.17) is 0 Å². The second-order valence-electron chi connectivity index (χ2n) is 5.32. The van der Waals surface area contributed by atoms with Gasteiger partial charge < -0.3 is 0 Å². The first-order valence-electron chi connectivity index (χ1n) is 7.29. The van der Waals surface area contributed by atoms with Gasteiger partial charge >= 0.3 is 0 Å². The summed E-state index contributed by atoms with van der Waals surface area (Å²) in [6, 6.07) is 8.14. The zero-order valence-electron chi connectivity index (χ0n) is 12.8. The third kappa shape index (κ3) is 2.77. The van der Waals surface area contributed by atoms with E-state index in [0.717, 1.165) is 21.2 Å². The highest BCUT2D eigenvalue weighted by molar-refractivity contribution is 7.19. The fraction of sp³-hybridized carbons (Fsp3) is 0.0588. The number of amides is 1. The smallest absolute Gasteiger partial charge is 0.260 e. The number of thiazole rings is 1. The highest BCUT2D eigenvalue weighted by Gasteiger charge is 2.11. The summed E-state index contributed by atoms with van der Waals surface area (Å²) in [7, 11) is 1.77. The summed E-state index contributed by atoms with van der Waals surface area (Å²) >= 11 is 1.44. The van der Waals surface area contributed by atoms with Gasteiger partial charge in [0.25, 0.3) is 5.91 Å². The molecule has 1 N–H and O–H groups in total. The number of nitrogens with one attached hydrogen (secondary N) is 1. The second-order valence-corrected chi connectivity index (χ2v) is 6.35. The van der Waals surface area contributed by atoms with Gasteiger partial charge in [0.1, 0.15) is 0 Å². The Morgan fingerprint density at radius 1 is 1.17 bits per heavy atom. The van der Waals surface area contributed by atoms with Gasteiger partial charge in [0.15, 0.2) is 5.13 Å². The number of nitrogens with zero attached hydrogens (tertiary/aromatic N) is 4. The SMILES string of the molecule is Cn1cc(C(=O)Nc2ncc(-c3ccc4cnccc4c3)s2)cn1. The Labute approximate surface area is 141 Å². The molecule has 4 rings (SSSR count). The lowest BCUT2D eigenvalue weighted by Crippen LogP contribution is -2.10. The second kappa shape index (κ2) is 5.86. The van der Waals surface area contributed by atoms with Gasteiger partial charge in [-0.2, -0.15) is 5.10 Å². The maximum Gasteiger partial charge on any atom is 0.260 e. The Morgan fingerprint density at radius 3 is 2.92 bits per heavy atom. The topological polar surface area (TPSA) is 72.7 Å². The van der Waals surface area contributed by atoms with Crippen LogP contribution in [0.3, 0.4) is 0 Å². The van der Waals surface area contributed by atoms with Crippen LogP contribution in [0.25, 0.3) is 21.2 Å². The number of hydrogen-bond acceptors (Lipinski definition) is 5. The van der Waals surface area contributed by atoms with Gasteiger partial charge in [-0.3, -0.25) is 19.8 Å². The maximum absolute atomic E-state index is 12.1. The largest absolute Gasteiger partial charge is 0.298 e. The highest BCUT2D eigenvalue weighted by Crippen LogP contribution is 2.31. The quantitative estimate of drug-likeness (QED) is 0.623. The molecule has 0 aliphatic heterocycles. The number of rotatable bonds is 3. The van der Waals surface area contributed by atoms with Crippen LogP contribution in [0.1, 0.15) is 10.4 Å². The van der Waals surface area contributed by atoms with E-state index in [-0.39, 0.29) is 5.91 Å². The summed E-state index contributed by atoms with van der Waals surface area (Å²) in [5.41, 5.74) is 1.57. The molecule has 0 spiro atoms. The van der Waals surface area contributed by atoms with Gasteiger partial charge in [0, 0.05) is 37.2 Å². The number of carbonyl (C=O) groups excluding carboxylic acids is 1. The molecule has 118 valence electrons. The summed E-state index contributed by atoms with van der Waals surface area (Å²) < 4.78 is 1.59. The van der Waals surface area contributed by atoms with E-state index in [9.17, 15) is 4.79 Å². The molecule has 0 radical (unpaired) electrons. The van der Waals surface area contributed by atoms with Gasteiger partial charge in [-0.05, 0) is 23.1 Å². The number of aryl methyl sites for hydroxylation is 1. The fourth-order valence-corrected chi connectivity index (χ4v) is 3.22. The van der Waals surface area contributed by atoms with Crippen LogP contribution in [0.2, 0.25) is 0 Å². The van der Waals surface area contributed by atoms with Crippen LogP contribution in [0.4, 0.5) is 5.13 Å². The number of hydrogen-bond donors (Lipinski definition) is 1. The molecule has 1 amide bonds. The number of aromatic nitrogens is 4. The molecule has 24 heavy (non-hydrogen) atoms. The molecule has 0 fully saturated rings. The molecule has 0 bridgehead atoms. The van der Waals surface area contributed by atoms with Crippen LogP contribution >= 0.6 is 11.3 Å². The third-order valence-electron chi connectivity index (χ3n) is 3.62. The van der Waals surface area contributed by atoms with Gasteiger partial charge in [0.2, 0.25) is 0 Å². The molecule has 3 heterocycles. The molecule has 0 saturated carbocycles. The van der Waals surface area contributed by atoms with Gasteiger partial charge in [0.05, 0.1) is 16.6 Å². The standard InChI is InChI=1S/C17H13N5OS/c1-22-10-14(8-20-22)16(23)21-17-19-9-15(24-17)12-2-3-13-7-18-5-4-11(13)6-12/h2-10H,1H3,(H,19,21,23). The summed E-state index contributed by atoms with van der Waals surface area (Å²) in [6.45, 7) is 0. The van der Waals surface area contributed by atoms with Crippen molar-refractivity contribution in [2.24, 2.45) is 7.05 Å². The van der Waals surface area contributed by atoms with Crippen molar-refractivity contribution in [2.45, 2.75) is 0 Å². The normalized spacial score (nSPS) is 10.9. The van der Waals surface area contributed by atoms with Crippen molar-refractivity contribution in [3.05, 3.63) is 60.8 Å². The first-order valence-corrected chi connectivity index (χ1v) is 8.11. The monoisotopic (exact) mass is 335 g/mol. The minimum Gasteiger partial charge on any atom is -0.298 e. The fourth-order valence-electron chi connectivity index (χ4n) is 2.41. The Kier molecular flexibility index (Phi) is 3.55. The van der Waals surface area contributed by atoms with Gasteiger partial charge in [-0.15, -0.1) is 0 Å². The average Bonchev–Trinajstić information content (AvgIpc) is 3.23. The zero-order chi connectivity index (χ0) is 16.5. The maximum atomic E-state index is 12.1. The first-order chi connectivity index (χ1) is 11.7. The third-order valence-corrected chi connectivity index (χ3v) is 4.58. The summed E-state index contributed by atoms with van der Waals surface area (Å²) in [5.74, 6) is -0.214. The molecule has 0 unspecified atom stereocenters. The van der Waals surface area contributed by atoms with Crippen LogP contribution in [0.15, 0.2) is 55.2 Å². The lowest BCUT2D eigenvalue weighted by molar-refractivity contribution is 0.102. The van der Waals surface area contributed by atoms with E-state index in [0.29, 0.717) is 10.7 Å². The van der Waals surface area contributed by atoms with Crippen LogP contribution in [0.5, 0.6) is 0 Å². The minimum atomic E-state index is -0.214. The Hall–Kier alpha value is -3.06. The van der Waals surface area contributed by atoms with Crippen LogP contribution in [-0.4, -0.2) is 25.7 Å². The molecule has 7 heteroatoms. The number of benzene rings is 1. The molecule has 4 aromatic rings. The van der Waals surface area contributed by atoms with Crippen LogP contribution < -0.4 is 5.32 Å². The summed E-state index contributed by atoms with van der Waals surface area (Å²) in [6.07, 6.45) is 8.58. The molecule has 0 aliphatic rings. The van der Waals surface area contributed by atoms with Gasteiger partial charge in [-0.1, -0.05) is 23.5 Å². The molecule has 0 saturated heterocycles. The van der Waals surface area contributed by atoms with E-state index in [2.05, 4.69) is 26.4 Å². The molecule has 3 aromatic heterocycles. The molecular weight excluding hydrogens is 322 g/mol. The van der Waals surface area contributed by atoms with E-state index < -0.39 is 0 Å². The van der Waals surface area contributed by atoms with Crippen molar-refractivity contribution in [3.63, 3.8) is 0 Å². The first kappa shape index (κ1) is 14.5. The Balaban J connectivity index is 1.58. The van der Waals surface area contributed by atoms with Crippen molar-refractivity contribution < 1.29 is 4.79 Å². The van der Waals surface area contributed by atoms with Crippen molar-refractivity contribution in [1.82, 2.24) is 19.7 Å². The van der Waals surface area contributed by atoms with Crippen molar-refractivity contribution >= 4 is 33.1 Å². The number of pyridine rings is 1. The van der Waals surface area contributed by atoms with Crippen molar-refractivity contribution in [1.29, 1.82) is 0 Å². The van der Waals surface area contributed by atoms with E-state index in [1.807, 2.05) is 24.4 Å². The van der Waals surface area contributed by atoms with Crippen LogP contribution in [0, 0.1) is 0 Å². The number of carbonyl (C=O) groups is 1. The van der Waals surface area contributed by atoms with Crippen LogP contribution in [-0.2, 0) is 7.05 Å². The predicted molar refractivity (Wildman–Crippen MR) is 94.0 cm³/mol. The van der Waals surface area contributed by atoms with E-state index >= 15 is 0 Å². The van der Waals surface area contributed by atoms with E-state index in [1.54, 1.807) is 30.3 Å². The highest BCUT2D eigenvalue weighted by atomic mass is 32.1. The van der Waals surface area contributed by atoms with E-state index in [1.165, 1.54) is 17.5 Å².